The lowest BCUT2D eigenvalue weighted by molar-refractivity contribution is -0.117. The van der Waals surface area contributed by atoms with E-state index in [9.17, 15) is 4.79 Å². The summed E-state index contributed by atoms with van der Waals surface area (Å²) in [4.78, 5) is 23.6. The van der Waals surface area contributed by atoms with E-state index >= 15 is 0 Å². The number of alkyl halides is 3. The maximum absolute atomic E-state index is 12.9. The van der Waals surface area contributed by atoms with Crippen LogP contribution in [-0.2, 0) is 4.79 Å². The summed E-state index contributed by atoms with van der Waals surface area (Å²) in [6.07, 6.45) is 7.21. The average Bonchev–Trinajstić information content (AvgIpc) is 3.46. The Balaban J connectivity index is 1.31. The Morgan fingerprint density at radius 1 is 0.974 bits per heavy atom. The lowest BCUT2D eigenvalue weighted by Gasteiger charge is -2.44. The van der Waals surface area contributed by atoms with E-state index in [1.807, 2.05) is 47.4 Å². The van der Waals surface area contributed by atoms with E-state index in [0.29, 0.717) is 18.2 Å². The molecule has 1 aromatic heterocycles. The van der Waals surface area contributed by atoms with Gasteiger partial charge in [0.25, 0.3) is 0 Å². The van der Waals surface area contributed by atoms with Gasteiger partial charge in [-0.1, -0.05) is 65.1 Å². The molecule has 3 heterocycles. The molecule has 1 N–H and O–H groups in total. The smallest absolute Gasteiger partial charge is 0.245 e. The maximum Gasteiger partial charge on any atom is 0.245 e. The standard InChI is InChI=1S/C28H28Cl3N5OS/c29-28(30,31)26(33-24(37)14-11-20-9-12-22(13-10-20)34-16-1-2-17-34)36-19-5-18-35(27(36)38)23-8-3-6-21-7-4-15-32-25(21)23/h3-4,6-15,26H,1-2,5,16-19H2,(H,33,37)/b14-11+. The number of amides is 1. The van der Waals surface area contributed by atoms with Crippen LogP contribution in [0.25, 0.3) is 17.0 Å². The first-order chi connectivity index (χ1) is 18.3. The van der Waals surface area contributed by atoms with Crippen molar-refractivity contribution in [2.75, 3.05) is 36.0 Å². The molecule has 1 unspecified atom stereocenters. The zero-order valence-corrected chi connectivity index (χ0v) is 23.8. The van der Waals surface area contributed by atoms with E-state index < -0.39 is 9.96 Å². The van der Waals surface area contributed by atoms with E-state index in [1.165, 1.54) is 24.6 Å². The van der Waals surface area contributed by atoms with Crippen molar-refractivity contribution in [3.63, 3.8) is 0 Å². The summed E-state index contributed by atoms with van der Waals surface area (Å²) >= 11 is 25.0. The molecular weight excluding hydrogens is 561 g/mol. The zero-order valence-electron chi connectivity index (χ0n) is 20.7. The van der Waals surface area contributed by atoms with Crippen molar-refractivity contribution in [1.82, 2.24) is 15.2 Å². The van der Waals surface area contributed by atoms with Crippen molar-refractivity contribution in [3.05, 3.63) is 72.4 Å². The minimum Gasteiger partial charge on any atom is -0.372 e. The van der Waals surface area contributed by atoms with Gasteiger partial charge in [0.05, 0.1) is 11.2 Å². The Hall–Kier alpha value is -2.58. The van der Waals surface area contributed by atoms with E-state index in [-0.39, 0.29) is 5.91 Å². The molecule has 0 radical (unpaired) electrons. The van der Waals surface area contributed by atoms with Crippen LogP contribution in [0.1, 0.15) is 24.8 Å². The lowest BCUT2D eigenvalue weighted by Crippen LogP contribution is -2.62. The van der Waals surface area contributed by atoms with Crippen LogP contribution in [-0.4, -0.2) is 57.0 Å². The minimum absolute atomic E-state index is 0.378. The maximum atomic E-state index is 12.9. The number of fused-ring (bicyclic) bond motifs is 1. The van der Waals surface area contributed by atoms with Gasteiger partial charge in [-0.15, -0.1) is 0 Å². The van der Waals surface area contributed by atoms with Crippen LogP contribution >= 0.6 is 47.0 Å². The molecule has 1 atom stereocenters. The molecule has 0 spiro atoms. The van der Waals surface area contributed by atoms with Gasteiger partial charge in [0.15, 0.2) is 11.3 Å². The Labute approximate surface area is 243 Å². The number of aromatic nitrogens is 1. The first kappa shape index (κ1) is 27.0. The third kappa shape index (κ3) is 6.01. The van der Waals surface area contributed by atoms with E-state index in [2.05, 4.69) is 27.3 Å². The summed E-state index contributed by atoms with van der Waals surface area (Å²) in [5.41, 5.74) is 3.83. The number of anilines is 2. The van der Waals surface area contributed by atoms with Gasteiger partial charge in [-0.05, 0) is 67.4 Å². The molecule has 0 bridgehead atoms. The second kappa shape index (κ2) is 11.7. The van der Waals surface area contributed by atoms with Crippen LogP contribution in [0.4, 0.5) is 11.4 Å². The van der Waals surface area contributed by atoms with E-state index in [4.69, 9.17) is 47.0 Å². The molecule has 1 amide bonds. The van der Waals surface area contributed by atoms with Crippen LogP contribution in [0.15, 0.2) is 66.9 Å². The molecule has 2 aliphatic rings. The van der Waals surface area contributed by atoms with Gasteiger partial charge in [-0.2, -0.15) is 0 Å². The summed E-state index contributed by atoms with van der Waals surface area (Å²) in [5.74, 6) is -0.378. The molecule has 10 heteroatoms. The van der Waals surface area contributed by atoms with Gasteiger partial charge in [0.2, 0.25) is 9.70 Å². The van der Waals surface area contributed by atoms with Gasteiger partial charge in [0, 0.05) is 49.5 Å². The molecule has 2 saturated heterocycles. The molecule has 3 aromatic rings. The highest BCUT2D eigenvalue weighted by Crippen LogP contribution is 2.35. The van der Waals surface area contributed by atoms with Crippen LogP contribution in [0.3, 0.4) is 0 Å². The van der Waals surface area contributed by atoms with Crippen molar-refractivity contribution in [2.24, 2.45) is 0 Å². The molecule has 0 saturated carbocycles. The average molecular weight is 589 g/mol. The van der Waals surface area contributed by atoms with Crippen molar-refractivity contribution in [3.8, 4) is 0 Å². The number of benzene rings is 2. The third-order valence-corrected chi connectivity index (χ3v) is 7.93. The number of carbonyl (C=O) groups is 1. The number of halogens is 3. The van der Waals surface area contributed by atoms with Crippen LogP contribution in [0.2, 0.25) is 0 Å². The number of nitrogens with zero attached hydrogens (tertiary/aromatic N) is 4. The summed E-state index contributed by atoms with van der Waals surface area (Å²) in [7, 11) is 0. The molecule has 198 valence electrons. The number of para-hydroxylation sites is 1. The number of rotatable bonds is 6. The number of thiocarbonyl (C=S) groups is 1. The van der Waals surface area contributed by atoms with Gasteiger partial charge >= 0.3 is 0 Å². The van der Waals surface area contributed by atoms with Gasteiger partial charge in [-0.25, -0.2) is 0 Å². The Morgan fingerprint density at radius 3 is 2.45 bits per heavy atom. The molecule has 2 aromatic carbocycles. The van der Waals surface area contributed by atoms with Crippen molar-refractivity contribution >= 4 is 86.4 Å². The summed E-state index contributed by atoms with van der Waals surface area (Å²) in [6, 6.07) is 18.0. The Kier molecular flexibility index (Phi) is 8.29. The van der Waals surface area contributed by atoms with Gasteiger partial charge < -0.3 is 20.0 Å². The van der Waals surface area contributed by atoms with Crippen LogP contribution in [0, 0.1) is 0 Å². The van der Waals surface area contributed by atoms with Crippen molar-refractivity contribution in [2.45, 2.75) is 29.2 Å². The normalized spacial score (nSPS) is 17.4. The quantitative estimate of drug-likeness (QED) is 0.212. The summed E-state index contributed by atoms with van der Waals surface area (Å²) in [5, 5.41) is 4.33. The molecule has 2 aliphatic heterocycles. The first-order valence-corrected chi connectivity index (χ1v) is 14.2. The Bertz CT molecular complexity index is 1330. The summed E-state index contributed by atoms with van der Waals surface area (Å²) < 4.78 is -1.81. The number of pyridine rings is 1. The number of hydrogen-bond donors (Lipinski definition) is 1. The third-order valence-electron chi connectivity index (χ3n) is 6.85. The summed E-state index contributed by atoms with van der Waals surface area (Å²) in [6.45, 7) is 3.40. The number of hydrogen-bond acceptors (Lipinski definition) is 4. The molecule has 5 rings (SSSR count). The number of carbonyl (C=O) groups excluding carboxylic acids is 1. The van der Waals surface area contributed by atoms with Crippen molar-refractivity contribution < 1.29 is 4.79 Å². The fourth-order valence-electron chi connectivity index (χ4n) is 4.98. The number of nitrogens with one attached hydrogen (secondary N) is 1. The van der Waals surface area contributed by atoms with Crippen LogP contribution < -0.4 is 15.1 Å². The van der Waals surface area contributed by atoms with Gasteiger partial charge in [-0.3, -0.25) is 9.78 Å². The fraction of sp³-hybridized carbons (Fsp3) is 0.321. The van der Waals surface area contributed by atoms with E-state index in [1.54, 1.807) is 17.2 Å². The van der Waals surface area contributed by atoms with Crippen LogP contribution in [0.5, 0.6) is 0 Å². The highest BCUT2D eigenvalue weighted by Gasteiger charge is 2.42. The predicted octanol–water partition coefficient (Wildman–Crippen LogP) is 6.16. The van der Waals surface area contributed by atoms with Crippen molar-refractivity contribution in [1.29, 1.82) is 0 Å². The molecule has 2 fully saturated rings. The molecule has 6 nitrogen and oxygen atoms in total. The largest absolute Gasteiger partial charge is 0.372 e. The first-order valence-electron chi connectivity index (χ1n) is 12.6. The van der Waals surface area contributed by atoms with E-state index in [0.717, 1.165) is 41.7 Å². The zero-order chi connectivity index (χ0) is 26.7. The highest BCUT2D eigenvalue weighted by molar-refractivity contribution is 7.80. The SMILES string of the molecule is O=C(/C=C/c1ccc(N2CCCC2)cc1)NC(N1CCCN(c2cccc3cccnc23)C1=S)C(Cl)(Cl)Cl. The highest BCUT2D eigenvalue weighted by atomic mass is 35.6. The topological polar surface area (TPSA) is 51.7 Å². The monoisotopic (exact) mass is 587 g/mol. The predicted molar refractivity (Wildman–Crippen MR) is 162 cm³/mol. The fourth-order valence-corrected chi connectivity index (χ4v) is 5.88. The van der Waals surface area contributed by atoms with Gasteiger partial charge in [0.1, 0.15) is 0 Å². The second-order valence-electron chi connectivity index (χ2n) is 9.41. The molecular formula is C28H28Cl3N5OS. The minimum atomic E-state index is -1.81. The lowest BCUT2D eigenvalue weighted by atomic mass is 10.1. The molecule has 0 aliphatic carbocycles. The second-order valence-corrected chi connectivity index (χ2v) is 12.1. The Morgan fingerprint density at radius 2 is 1.71 bits per heavy atom. The molecule has 38 heavy (non-hydrogen) atoms.